The number of rotatable bonds is 7. The van der Waals surface area contributed by atoms with E-state index in [0.29, 0.717) is 55.1 Å². The highest BCUT2D eigenvalue weighted by Gasteiger charge is 2.28. The van der Waals surface area contributed by atoms with Crippen LogP contribution in [0.4, 0.5) is 10.5 Å². The zero-order chi connectivity index (χ0) is 31.3. The zero-order valence-corrected chi connectivity index (χ0v) is 25.6. The van der Waals surface area contributed by atoms with Gasteiger partial charge in [0.25, 0.3) is 5.91 Å². The van der Waals surface area contributed by atoms with E-state index in [0.717, 1.165) is 22.0 Å². The molecule has 0 saturated carbocycles. The lowest BCUT2D eigenvalue weighted by molar-refractivity contribution is 0.0124. The maximum Gasteiger partial charge on any atom is 0.410 e. The summed E-state index contributed by atoms with van der Waals surface area (Å²) in [5.74, 6) is 0.833. The monoisotopic (exact) mass is 591 g/mol. The lowest BCUT2D eigenvalue weighted by Crippen LogP contribution is -2.44. The number of carbonyl (C=O) groups is 2. The van der Waals surface area contributed by atoms with Gasteiger partial charge in [-0.15, -0.1) is 0 Å². The number of hydrogen-bond donors (Lipinski definition) is 0. The van der Waals surface area contributed by atoms with E-state index in [9.17, 15) is 14.9 Å². The Morgan fingerprint density at radius 3 is 2.32 bits per heavy atom. The standard InChI is InChI=1S/C36H37N3O5/c1-36(2,3)44-35(41)38-18-16-31(17-19-38)43-32-15-14-28(22-33(32)42-4)34(40)39(30-8-6-5-7-9-30)24-26-11-13-27-12-10-25(23-37)20-29(27)21-26/h5-15,20-22,31H,16-19,24H2,1-4H3. The first-order valence-electron chi connectivity index (χ1n) is 14.8. The summed E-state index contributed by atoms with van der Waals surface area (Å²) in [5, 5.41) is 11.3. The Balaban J connectivity index is 1.33. The molecule has 4 aromatic carbocycles. The van der Waals surface area contributed by atoms with Crippen LogP contribution in [0, 0.1) is 11.3 Å². The molecule has 2 amide bonds. The minimum Gasteiger partial charge on any atom is -0.493 e. The summed E-state index contributed by atoms with van der Waals surface area (Å²) in [6, 6.07) is 28.6. The minimum atomic E-state index is -0.537. The second-order valence-electron chi connectivity index (χ2n) is 11.9. The van der Waals surface area contributed by atoms with Crippen molar-refractivity contribution in [3.8, 4) is 17.6 Å². The van der Waals surface area contributed by atoms with Crippen molar-refractivity contribution in [3.63, 3.8) is 0 Å². The summed E-state index contributed by atoms with van der Waals surface area (Å²) in [6.07, 6.45) is 0.910. The number of carbonyl (C=O) groups excluding carboxylic acids is 2. The van der Waals surface area contributed by atoms with Gasteiger partial charge in [-0.1, -0.05) is 36.4 Å². The lowest BCUT2D eigenvalue weighted by atomic mass is 10.0. The van der Waals surface area contributed by atoms with Crippen LogP contribution in [-0.4, -0.2) is 48.8 Å². The van der Waals surface area contributed by atoms with Gasteiger partial charge in [0.2, 0.25) is 0 Å². The van der Waals surface area contributed by atoms with Crippen molar-refractivity contribution in [3.05, 3.63) is 102 Å². The summed E-state index contributed by atoms with van der Waals surface area (Å²) < 4.78 is 17.4. The fraction of sp³-hybridized carbons (Fsp3) is 0.306. The Morgan fingerprint density at radius 1 is 0.909 bits per heavy atom. The van der Waals surface area contributed by atoms with E-state index < -0.39 is 5.60 Å². The molecule has 1 aliphatic heterocycles. The number of methoxy groups -OCH3 is 1. The van der Waals surface area contributed by atoms with Crippen molar-refractivity contribution in [1.82, 2.24) is 4.90 Å². The van der Waals surface area contributed by atoms with Crippen LogP contribution in [0.2, 0.25) is 0 Å². The van der Waals surface area contributed by atoms with Crippen LogP contribution in [0.15, 0.2) is 84.9 Å². The molecule has 0 atom stereocenters. The van der Waals surface area contributed by atoms with Gasteiger partial charge in [0.1, 0.15) is 11.7 Å². The number of amides is 2. The molecule has 1 aliphatic rings. The molecule has 0 spiro atoms. The molecule has 0 aromatic heterocycles. The molecule has 0 N–H and O–H groups in total. The van der Waals surface area contributed by atoms with E-state index in [1.807, 2.05) is 81.4 Å². The van der Waals surface area contributed by atoms with Gasteiger partial charge in [-0.25, -0.2) is 4.79 Å². The van der Waals surface area contributed by atoms with E-state index in [1.165, 1.54) is 0 Å². The van der Waals surface area contributed by atoms with Crippen molar-refractivity contribution in [2.45, 2.75) is 51.9 Å². The average Bonchev–Trinajstić information content (AvgIpc) is 3.03. The van der Waals surface area contributed by atoms with Crippen LogP contribution in [0.25, 0.3) is 10.8 Å². The number of para-hydroxylation sites is 1. The summed E-state index contributed by atoms with van der Waals surface area (Å²) in [6.45, 7) is 6.99. The van der Waals surface area contributed by atoms with Gasteiger partial charge in [-0.2, -0.15) is 5.26 Å². The predicted octanol–water partition coefficient (Wildman–Crippen LogP) is 7.35. The van der Waals surface area contributed by atoms with Gasteiger partial charge in [-0.05, 0) is 85.6 Å². The van der Waals surface area contributed by atoms with Crippen LogP contribution in [0.3, 0.4) is 0 Å². The Kier molecular flexibility index (Phi) is 9.05. The van der Waals surface area contributed by atoms with Gasteiger partial charge in [0.05, 0.1) is 25.3 Å². The van der Waals surface area contributed by atoms with Crippen molar-refractivity contribution in [2.75, 3.05) is 25.1 Å². The number of likely N-dealkylation sites (tertiary alicyclic amines) is 1. The van der Waals surface area contributed by atoms with E-state index in [4.69, 9.17) is 14.2 Å². The highest BCUT2D eigenvalue weighted by Crippen LogP contribution is 2.32. The third-order valence-electron chi connectivity index (χ3n) is 7.49. The highest BCUT2D eigenvalue weighted by atomic mass is 16.6. The molecule has 0 unspecified atom stereocenters. The summed E-state index contributed by atoms with van der Waals surface area (Å²) in [5.41, 5.74) is 2.22. The minimum absolute atomic E-state index is 0.0978. The highest BCUT2D eigenvalue weighted by molar-refractivity contribution is 6.06. The molecular formula is C36H37N3O5. The number of piperidine rings is 1. The largest absolute Gasteiger partial charge is 0.493 e. The lowest BCUT2D eigenvalue weighted by Gasteiger charge is -2.33. The Bertz CT molecular complexity index is 1680. The molecule has 44 heavy (non-hydrogen) atoms. The van der Waals surface area contributed by atoms with Crippen molar-refractivity contribution < 1.29 is 23.8 Å². The first-order valence-corrected chi connectivity index (χ1v) is 14.8. The molecule has 226 valence electrons. The molecule has 0 radical (unpaired) electrons. The van der Waals surface area contributed by atoms with Crippen molar-refractivity contribution in [2.24, 2.45) is 0 Å². The molecule has 1 saturated heterocycles. The van der Waals surface area contributed by atoms with Crippen LogP contribution >= 0.6 is 0 Å². The van der Waals surface area contributed by atoms with Gasteiger partial charge in [0, 0.05) is 37.2 Å². The number of fused-ring (bicyclic) bond motifs is 1. The zero-order valence-electron chi connectivity index (χ0n) is 25.6. The number of hydrogen-bond acceptors (Lipinski definition) is 6. The van der Waals surface area contributed by atoms with Crippen LogP contribution < -0.4 is 14.4 Å². The second kappa shape index (κ2) is 13.1. The molecular weight excluding hydrogens is 554 g/mol. The topological polar surface area (TPSA) is 92.1 Å². The number of anilines is 1. The summed E-state index contributed by atoms with van der Waals surface area (Å²) in [7, 11) is 1.56. The number of ether oxygens (including phenoxy) is 3. The van der Waals surface area contributed by atoms with Gasteiger partial charge in [0.15, 0.2) is 11.5 Å². The first-order chi connectivity index (χ1) is 21.1. The van der Waals surface area contributed by atoms with Gasteiger partial charge in [-0.3, -0.25) is 4.79 Å². The third kappa shape index (κ3) is 7.30. The maximum absolute atomic E-state index is 14.0. The predicted molar refractivity (Wildman–Crippen MR) is 170 cm³/mol. The van der Waals surface area contributed by atoms with E-state index in [-0.39, 0.29) is 18.1 Å². The Hall–Kier alpha value is -5.03. The fourth-order valence-corrected chi connectivity index (χ4v) is 5.25. The van der Waals surface area contributed by atoms with Crippen LogP contribution in [-0.2, 0) is 11.3 Å². The van der Waals surface area contributed by atoms with Crippen LogP contribution in [0.1, 0.15) is 55.1 Å². The first kappa shape index (κ1) is 30.4. The Morgan fingerprint density at radius 2 is 1.64 bits per heavy atom. The van der Waals surface area contributed by atoms with Crippen molar-refractivity contribution in [1.29, 1.82) is 5.26 Å². The van der Waals surface area contributed by atoms with E-state index in [2.05, 4.69) is 6.07 Å². The molecule has 4 aromatic rings. The number of nitriles is 1. The molecule has 5 rings (SSSR count). The summed E-state index contributed by atoms with van der Waals surface area (Å²) >= 11 is 0. The van der Waals surface area contributed by atoms with E-state index >= 15 is 0 Å². The van der Waals surface area contributed by atoms with Crippen LogP contribution in [0.5, 0.6) is 11.5 Å². The smallest absolute Gasteiger partial charge is 0.410 e. The second-order valence-corrected chi connectivity index (χ2v) is 11.9. The maximum atomic E-state index is 14.0. The van der Waals surface area contributed by atoms with Gasteiger partial charge >= 0.3 is 6.09 Å². The molecule has 1 fully saturated rings. The quantitative estimate of drug-likeness (QED) is 0.223. The summed E-state index contributed by atoms with van der Waals surface area (Å²) in [4.78, 5) is 29.9. The van der Waals surface area contributed by atoms with E-state index in [1.54, 1.807) is 41.2 Å². The number of nitrogens with zero attached hydrogens (tertiary/aromatic N) is 3. The number of benzene rings is 4. The SMILES string of the molecule is COc1cc(C(=O)N(Cc2ccc3ccc(C#N)cc3c2)c2ccccc2)ccc1OC1CCN(C(=O)OC(C)(C)C)CC1. The average molecular weight is 592 g/mol. The normalized spacial score (nSPS) is 13.7. The third-order valence-corrected chi connectivity index (χ3v) is 7.49. The Labute approximate surface area is 258 Å². The van der Waals surface area contributed by atoms with Gasteiger partial charge < -0.3 is 24.0 Å². The van der Waals surface area contributed by atoms with Crippen molar-refractivity contribution >= 4 is 28.5 Å². The molecule has 0 aliphatic carbocycles. The fourth-order valence-electron chi connectivity index (χ4n) is 5.25. The molecule has 1 heterocycles. The molecule has 8 nitrogen and oxygen atoms in total. The molecule has 0 bridgehead atoms. The molecule has 8 heteroatoms.